The molecule has 0 radical (unpaired) electrons. The van der Waals surface area contributed by atoms with E-state index in [4.69, 9.17) is 9.97 Å². The lowest BCUT2D eigenvalue weighted by atomic mass is 10.1. The van der Waals surface area contributed by atoms with E-state index in [-0.39, 0.29) is 11.9 Å². The average molecular weight is 442 g/mol. The Morgan fingerprint density at radius 2 is 2.10 bits per heavy atom. The molecule has 31 heavy (non-hydrogen) atoms. The number of hydrogen-bond acceptors (Lipinski definition) is 8. The molecule has 1 unspecified atom stereocenters. The fourth-order valence-corrected chi connectivity index (χ4v) is 4.85. The number of thiazole rings is 1. The van der Waals surface area contributed by atoms with Gasteiger partial charge in [0.15, 0.2) is 5.13 Å². The molecular weight excluding hydrogens is 410 g/mol. The first-order chi connectivity index (χ1) is 15.1. The van der Waals surface area contributed by atoms with Crippen LogP contribution in [0.15, 0.2) is 24.9 Å². The third-order valence-corrected chi connectivity index (χ3v) is 6.54. The average Bonchev–Trinajstić information content (AvgIpc) is 3.18. The molecule has 2 aromatic rings. The highest BCUT2D eigenvalue weighted by molar-refractivity contribution is 7.15. The van der Waals surface area contributed by atoms with Crippen molar-refractivity contribution in [3.63, 3.8) is 0 Å². The zero-order chi connectivity index (χ0) is 21.6. The van der Waals surface area contributed by atoms with Crippen LogP contribution in [0.5, 0.6) is 0 Å². The summed E-state index contributed by atoms with van der Waals surface area (Å²) >= 11 is 1.60. The second-order valence-electron chi connectivity index (χ2n) is 8.28. The number of piperidine rings is 2. The molecule has 0 bridgehead atoms. The van der Waals surface area contributed by atoms with Gasteiger partial charge in [-0.3, -0.25) is 9.69 Å². The van der Waals surface area contributed by atoms with Gasteiger partial charge in [-0.1, -0.05) is 13.0 Å². The second-order valence-corrected chi connectivity index (χ2v) is 9.51. The lowest BCUT2D eigenvalue weighted by molar-refractivity contribution is -0.127. The van der Waals surface area contributed by atoms with Crippen molar-refractivity contribution in [1.29, 1.82) is 0 Å². The Kier molecular flexibility index (Phi) is 7.14. The summed E-state index contributed by atoms with van der Waals surface area (Å²) in [5.41, 5.74) is 0.991. The lowest BCUT2D eigenvalue weighted by Gasteiger charge is -2.32. The van der Waals surface area contributed by atoms with E-state index in [0.717, 1.165) is 60.5 Å². The van der Waals surface area contributed by atoms with E-state index in [1.165, 1.54) is 25.3 Å². The zero-order valence-corrected chi connectivity index (χ0v) is 19.0. The number of amides is 1. The summed E-state index contributed by atoms with van der Waals surface area (Å²) in [6.45, 7) is 10.1. The molecule has 4 heterocycles. The first kappa shape index (κ1) is 21.7. The number of aryl methyl sites for hydroxylation is 1. The maximum Gasteiger partial charge on any atom is 0.246 e. The van der Waals surface area contributed by atoms with Gasteiger partial charge in [0.2, 0.25) is 11.9 Å². The van der Waals surface area contributed by atoms with Crippen LogP contribution in [0.3, 0.4) is 0 Å². The molecule has 1 atom stereocenters. The Hall–Kier alpha value is -2.52. The first-order valence-corrected chi connectivity index (χ1v) is 11.9. The monoisotopic (exact) mass is 441 g/mol. The van der Waals surface area contributed by atoms with Crippen molar-refractivity contribution in [2.45, 2.75) is 51.6 Å². The van der Waals surface area contributed by atoms with Crippen LogP contribution in [0.1, 0.15) is 42.7 Å². The number of carbonyl (C=O) groups is 1. The predicted molar refractivity (Wildman–Crippen MR) is 125 cm³/mol. The van der Waals surface area contributed by atoms with E-state index >= 15 is 0 Å². The molecule has 2 fully saturated rings. The first-order valence-electron chi connectivity index (χ1n) is 11.1. The van der Waals surface area contributed by atoms with Crippen LogP contribution in [-0.2, 0) is 11.3 Å². The van der Waals surface area contributed by atoms with Crippen LogP contribution in [-0.4, -0.2) is 62.9 Å². The van der Waals surface area contributed by atoms with Crippen LogP contribution < -0.4 is 10.6 Å². The SMILES string of the molecule is C=CC(=O)N1CCCC(Nc2nc(CN3CCCCC3)cc(Nc3ncc(C)s3)n2)C1. The largest absolute Gasteiger partial charge is 0.350 e. The number of rotatable bonds is 7. The van der Waals surface area contributed by atoms with Gasteiger partial charge in [0.05, 0.1) is 5.69 Å². The van der Waals surface area contributed by atoms with E-state index in [1.807, 2.05) is 24.1 Å². The molecule has 0 aromatic carbocycles. The molecule has 2 aliphatic heterocycles. The van der Waals surface area contributed by atoms with Crippen molar-refractivity contribution >= 4 is 34.1 Å². The van der Waals surface area contributed by atoms with E-state index < -0.39 is 0 Å². The van der Waals surface area contributed by atoms with E-state index in [9.17, 15) is 4.79 Å². The number of hydrogen-bond donors (Lipinski definition) is 2. The molecule has 2 saturated heterocycles. The van der Waals surface area contributed by atoms with Crippen LogP contribution in [0, 0.1) is 6.92 Å². The van der Waals surface area contributed by atoms with Gasteiger partial charge in [-0.2, -0.15) is 4.98 Å². The normalized spacial score (nSPS) is 19.8. The van der Waals surface area contributed by atoms with Crippen molar-refractivity contribution in [2.24, 2.45) is 0 Å². The molecule has 1 amide bonds. The Balaban J connectivity index is 1.51. The second kappa shape index (κ2) is 10.2. The van der Waals surface area contributed by atoms with E-state index in [2.05, 4.69) is 27.1 Å². The summed E-state index contributed by atoms with van der Waals surface area (Å²) in [6, 6.07) is 2.14. The molecule has 2 N–H and O–H groups in total. The highest BCUT2D eigenvalue weighted by Crippen LogP contribution is 2.23. The Bertz CT molecular complexity index is 909. The molecule has 2 aliphatic rings. The van der Waals surface area contributed by atoms with Crippen molar-refractivity contribution in [3.8, 4) is 0 Å². The fraction of sp³-hybridized carbons (Fsp3) is 0.545. The lowest BCUT2D eigenvalue weighted by Crippen LogP contribution is -2.44. The quantitative estimate of drug-likeness (QED) is 0.635. The number of aromatic nitrogens is 3. The number of likely N-dealkylation sites (tertiary alicyclic amines) is 2. The third kappa shape index (κ3) is 6.01. The maximum atomic E-state index is 12.0. The van der Waals surface area contributed by atoms with Crippen LogP contribution in [0.2, 0.25) is 0 Å². The molecule has 0 saturated carbocycles. The minimum atomic E-state index is -0.0206. The van der Waals surface area contributed by atoms with Gasteiger partial charge in [-0.25, -0.2) is 9.97 Å². The summed E-state index contributed by atoms with van der Waals surface area (Å²) < 4.78 is 0. The van der Waals surface area contributed by atoms with Crippen LogP contribution in [0.25, 0.3) is 0 Å². The zero-order valence-electron chi connectivity index (χ0n) is 18.1. The summed E-state index contributed by atoms with van der Waals surface area (Å²) in [5.74, 6) is 1.32. The molecule has 8 nitrogen and oxygen atoms in total. The van der Waals surface area contributed by atoms with Crippen molar-refractivity contribution in [2.75, 3.05) is 36.8 Å². The van der Waals surface area contributed by atoms with E-state index in [0.29, 0.717) is 12.5 Å². The van der Waals surface area contributed by atoms with Crippen LogP contribution >= 0.6 is 11.3 Å². The van der Waals surface area contributed by atoms with Crippen LogP contribution in [0.4, 0.5) is 16.9 Å². The van der Waals surface area contributed by atoms with Gasteiger partial charge in [-0.15, -0.1) is 11.3 Å². The number of anilines is 3. The molecular formula is C22H31N7OS. The number of carbonyl (C=O) groups excluding carboxylic acids is 1. The molecule has 9 heteroatoms. The smallest absolute Gasteiger partial charge is 0.246 e. The van der Waals surface area contributed by atoms with Gasteiger partial charge < -0.3 is 15.5 Å². The Morgan fingerprint density at radius 1 is 1.26 bits per heavy atom. The predicted octanol–water partition coefficient (Wildman–Crippen LogP) is 3.56. The number of nitrogens with one attached hydrogen (secondary N) is 2. The summed E-state index contributed by atoms with van der Waals surface area (Å²) in [4.78, 5) is 31.4. The molecule has 0 aliphatic carbocycles. The summed E-state index contributed by atoms with van der Waals surface area (Å²) in [7, 11) is 0. The van der Waals surface area contributed by atoms with Gasteiger partial charge in [0, 0.05) is 42.8 Å². The fourth-order valence-electron chi connectivity index (χ4n) is 4.18. The van der Waals surface area contributed by atoms with Gasteiger partial charge in [0.25, 0.3) is 0 Å². The van der Waals surface area contributed by atoms with E-state index in [1.54, 1.807) is 11.3 Å². The van der Waals surface area contributed by atoms with Gasteiger partial charge in [-0.05, 0) is 51.8 Å². The molecule has 4 rings (SSSR count). The highest BCUT2D eigenvalue weighted by atomic mass is 32.1. The van der Waals surface area contributed by atoms with Gasteiger partial charge in [0.1, 0.15) is 5.82 Å². The number of nitrogens with zero attached hydrogens (tertiary/aromatic N) is 5. The van der Waals surface area contributed by atoms with Crippen molar-refractivity contribution in [1.82, 2.24) is 24.8 Å². The maximum absolute atomic E-state index is 12.0. The topological polar surface area (TPSA) is 86.3 Å². The van der Waals surface area contributed by atoms with Gasteiger partial charge >= 0.3 is 0 Å². The minimum absolute atomic E-state index is 0.0206. The highest BCUT2D eigenvalue weighted by Gasteiger charge is 2.23. The third-order valence-electron chi connectivity index (χ3n) is 5.71. The minimum Gasteiger partial charge on any atom is -0.350 e. The molecule has 0 spiro atoms. The molecule has 2 aromatic heterocycles. The Labute approximate surface area is 187 Å². The molecule has 166 valence electrons. The van der Waals surface area contributed by atoms with Crippen molar-refractivity contribution in [3.05, 3.63) is 35.5 Å². The Morgan fingerprint density at radius 3 is 2.84 bits per heavy atom. The summed E-state index contributed by atoms with van der Waals surface area (Å²) in [5, 5.41) is 7.63. The summed E-state index contributed by atoms with van der Waals surface area (Å²) in [6.07, 6.45) is 8.98. The van der Waals surface area contributed by atoms with Crippen molar-refractivity contribution < 1.29 is 4.79 Å². The standard InChI is InChI=1S/C22H31N7OS/c1-3-20(30)29-11-7-8-17(15-29)24-21-25-18(14-28-9-5-4-6-10-28)12-19(26-21)27-22-23-13-16(2)31-22/h3,12-13,17H,1,4-11,14-15H2,2H3,(H2,23,24,25,26,27).